The zero-order valence-electron chi connectivity index (χ0n) is 6.14. The molecule has 1 rings (SSSR count). The second-order valence-corrected chi connectivity index (χ2v) is 4.03. The lowest BCUT2D eigenvalue weighted by atomic mass is 10.1. The summed E-state index contributed by atoms with van der Waals surface area (Å²) in [7, 11) is -4.17. The van der Waals surface area contributed by atoms with Crippen molar-refractivity contribution in [2.75, 3.05) is 0 Å². The number of allylic oxidation sites excluding steroid dienone is 1. The summed E-state index contributed by atoms with van der Waals surface area (Å²) < 4.78 is 29.6. The zero-order chi connectivity index (χ0) is 9.41. The molecule has 1 unspecified atom stereocenters. The Hall–Kier alpha value is -0.690. The summed E-state index contributed by atoms with van der Waals surface area (Å²) in [5.74, 6) is 0. The third kappa shape index (κ3) is 2.15. The largest absolute Gasteiger partial charge is 0.372 e. The maximum Gasteiger partial charge on any atom is 0.294 e. The molecule has 0 fully saturated rings. The van der Waals surface area contributed by atoms with Gasteiger partial charge in [-0.3, -0.25) is 4.55 Å². The first-order valence-electron chi connectivity index (χ1n) is 3.19. The van der Waals surface area contributed by atoms with E-state index in [0.29, 0.717) is 0 Å². The van der Waals surface area contributed by atoms with Gasteiger partial charge in [0.25, 0.3) is 10.1 Å². The number of hydrogen-bond donors (Lipinski definition) is 3. The lowest BCUT2D eigenvalue weighted by Crippen LogP contribution is -2.37. The van der Waals surface area contributed by atoms with Crippen LogP contribution in [0.3, 0.4) is 0 Å². The predicted octanol–water partition coefficient (Wildman–Crippen LogP) is -0.635. The summed E-state index contributed by atoms with van der Waals surface area (Å²) in [4.78, 5) is -0.238. The minimum Gasteiger partial charge on any atom is -0.372 e. The molecule has 0 aromatic heterocycles. The average Bonchev–Trinajstić information content (AvgIpc) is 1.83. The first-order valence-corrected chi connectivity index (χ1v) is 4.63. The van der Waals surface area contributed by atoms with Crippen LogP contribution in [-0.2, 0) is 10.1 Å². The van der Waals surface area contributed by atoms with E-state index in [1.165, 1.54) is 0 Å². The van der Waals surface area contributed by atoms with Crippen LogP contribution in [0.5, 0.6) is 0 Å². The van der Waals surface area contributed by atoms with Gasteiger partial charge >= 0.3 is 0 Å². The molecule has 0 aliphatic heterocycles. The molecule has 1 aliphatic carbocycles. The zero-order valence-corrected chi connectivity index (χ0v) is 6.95. The molecule has 0 heterocycles. The molecular weight excluding hydrogens is 182 g/mol. The fraction of sp³-hybridized carbons (Fsp3) is 0.333. The van der Waals surface area contributed by atoms with E-state index in [-0.39, 0.29) is 11.3 Å². The number of hydrogen-bond acceptors (Lipinski definition) is 4. The fourth-order valence-electron chi connectivity index (χ4n) is 0.818. The third-order valence-corrected chi connectivity index (χ3v) is 2.36. The molecular formula is C6H9NO4S. The summed E-state index contributed by atoms with van der Waals surface area (Å²) >= 11 is 0. The highest BCUT2D eigenvalue weighted by Gasteiger charge is 2.22. The Morgan fingerprint density at radius 1 is 1.58 bits per heavy atom. The third-order valence-electron chi connectivity index (χ3n) is 1.46. The summed E-state index contributed by atoms with van der Waals surface area (Å²) in [5.41, 5.74) is 3.73. The highest BCUT2D eigenvalue weighted by Crippen LogP contribution is 2.18. The van der Waals surface area contributed by atoms with Crippen molar-refractivity contribution in [3.63, 3.8) is 0 Å². The van der Waals surface area contributed by atoms with Crippen LogP contribution in [0.4, 0.5) is 0 Å². The van der Waals surface area contributed by atoms with Crippen molar-refractivity contribution in [2.24, 2.45) is 5.73 Å². The van der Waals surface area contributed by atoms with Crippen LogP contribution in [0.25, 0.3) is 0 Å². The fourth-order valence-corrected chi connectivity index (χ4v) is 1.35. The van der Waals surface area contributed by atoms with Crippen molar-refractivity contribution in [3.8, 4) is 0 Å². The van der Waals surface area contributed by atoms with E-state index in [4.69, 9.17) is 15.4 Å². The van der Waals surface area contributed by atoms with Gasteiger partial charge in [-0.05, 0) is 12.2 Å². The molecule has 5 nitrogen and oxygen atoms in total. The van der Waals surface area contributed by atoms with Crippen LogP contribution in [0.1, 0.15) is 6.42 Å². The second kappa shape index (κ2) is 2.67. The van der Waals surface area contributed by atoms with Crippen molar-refractivity contribution < 1.29 is 18.1 Å². The van der Waals surface area contributed by atoms with E-state index in [1.807, 2.05) is 0 Å². The van der Waals surface area contributed by atoms with E-state index in [0.717, 1.165) is 18.2 Å². The SMILES string of the molecule is NC1(O)C=CC(S(=O)(=O)O)=CC1. The van der Waals surface area contributed by atoms with E-state index in [2.05, 4.69) is 0 Å². The van der Waals surface area contributed by atoms with Crippen molar-refractivity contribution >= 4 is 10.1 Å². The van der Waals surface area contributed by atoms with Crippen LogP contribution in [0.15, 0.2) is 23.1 Å². The second-order valence-electron chi connectivity index (χ2n) is 2.61. The van der Waals surface area contributed by atoms with Crippen molar-refractivity contribution in [2.45, 2.75) is 12.1 Å². The molecule has 0 bridgehead atoms. The summed E-state index contributed by atoms with van der Waals surface area (Å²) in [5, 5.41) is 9.13. The van der Waals surface area contributed by atoms with Gasteiger partial charge < -0.3 is 10.8 Å². The molecule has 0 amide bonds. The average molecular weight is 191 g/mol. The quantitative estimate of drug-likeness (QED) is 0.378. The maximum absolute atomic E-state index is 10.5. The first-order chi connectivity index (χ1) is 5.31. The number of aliphatic hydroxyl groups is 1. The Labute approximate surface area is 69.9 Å². The van der Waals surface area contributed by atoms with Crippen LogP contribution >= 0.6 is 0 Å². The van der Waals surface area contributed by atoms with Crippen molar-refractivity contribution in [1.29, 1.82) is 0 Å². The molecule has 0 radical (unpaired) electrons. The number of nitrogens with two attached hydrogens (primary N) is 1. The van der Waals surface area contributed by atoms with Crippen LogP contribution < -0.4 is 5.73 Å². The summed E-state index contributed by atoms with van der Waals surface area (Å²) in [6.07, 6.45) is 3.32. The van der Waals surface area contributed by atoms with Crippen LogP contribution in [0, 0.1) is 0 Å². The lowest BCUT2D eigenvalue weighted by Gasteiger charge is -2.19. The Balaban J connectivity index is 2.93. The van der Waals surface area contributed by atoms with Gasteiger partial charge in [-0.25, -0.2) is 0 Å². The predicted molar refractivity (Wildman–Crippen MR) is 42.5 cm³/mol. The van der Waals surface area contributed by atoms with Gasteiger partial charge in [-0.2, -0.15) is 8.42 Å². The van der Waals surface area contributed by atoms with Crippen LogP contribution in [0.2, 0.25) is 0 Å². The Morgan fingerprint density at radius 2 is 2.17 bits per heavy atom. The molecule has 0 saturated heterocycles. The summed E-state index contributed by atoms with van der Waals surface area (Å²) in [6, 6.07) is 0. The van der Waals surface area contributed by atoms with E-state index < -0.39 is 15.8 Å². The molecule has 0 aromatic rings. The first kappa shape index (κ1) is 9.40. The Bertz CT molecular complexity index is 339. The van der Waals surface area contributed by atoms with Gasteiger partial charge in [0.15, 0.2) is 0 Å². The van der Waals surface area contributed by atoms with Gasteiger partial charge in [0, 0.05) is 6.42 Å². The Morgan fingerprint density at radius 3 is 2.50 bits per heavy atom. The van der Waals surface area contributed by atoms with E-state index in [1.54, 1.807) is 0 Å². The molecule has 0 aromatic carbocycles. The molecule has 6 heteroatoms. The van der Waals surface area contributed by atoms with Gasteiger partial charge in [-0.15, -0.1) is 0 Å². The molecule has 0 saturated carbocycles. The lowest BCUT2D eigenvalue weighted by molar-refractivity contribution is 0.100. The van der Waals surface area contributed by atoms with E-state index >= 15 is 0 Å². The molecule has 68 valence electrons. The monoisotopic (exact) mass is 191 g/mol. The molecule has 4 N–H and O–H groups in total. The molecule has 1 atom stereocenters. The van der Waals surface area contributed by atoms with Gasteiger partial charge in [0.05, 0.1) is 4.91 Å². The minimum absolute atomic E-state index is 0.0291. The minimum atomic E-state index is -4.17. The molecule has 0 spiro atoms. The smallest absolute Gasteiger partial charge is 0.294 e. The van der Waals surface area contributed by atoms with E-state index in [9.17, 15) is 8.42 Å². The topological polar surface area (TPSA) is 101 Å². The normalized spacial score (nSPS) is 30.1. The van der Waals surface area contributed by atoms with Gasteiger partial charge in [0.2, 0.25) is 0 Å². The highest BCUT2D eigenvalue weighted by molar-refractivity contribution is 7.90. The molecule has 12 heavy (non-hydrogen) atoms. The van der Waals surface area contributed by atoms with Gasteiger partial charge in [0.1, 0.15) is 5.72 Å². The molecule has 1 aliphatic rings. The Kier molecular flexibility index (Phi) is 2.09. The van der Waals surface area contributed by atoms with Gasteiger partial charge in [-0.1, -0.05) is 6.08 Å². The van der Waals surface area contributed by atoms with Crippen molar-refractivity contribution in [1.82, 2.24) is 0 Å². The number of rotatable bonds is 1. The summed E-state index contributed by atoms with van der Waals surface area (Å²) in [6.45, 7) is 0. The van der Waals surface area contributed by atoms with Crippen LogP contribution in [-0.4, -0.2) is 23.8 Å². The highest BCUT2D eigenvalue weighted by atomic mass is 32.2. The standard InChI is InChI=1S/C6H9NO4S/c7-6(8)3-1-5(2-4-6)12(9,10)11/h1-3,8H,4,7H2,(H,9,10,11). The van der Waals surface area contributed by atoms with Crippen molar-refractivity contribution in [3.05, 3.63) is 23.1 Å². The maximum atomic E-state index is 10.5.